The number of thiophene rings is 1. The van der Waals surface area contributed by atoms with E-state index >= 15 is 0 Å². The Hall–Kier alpha value is -2.18. The molecule has 1 saturated carbocycles. The van der Waals surface area contributed by atoms with Gasteiger partial charge in [-0.3, -0.25) is 14.5 Å². The summed E-state index contributed by atoms with van der Waals surface area (Å²) in [5, 5.41) is 5.03. The number of likely N-dealkylation sites (N-methyl/N-ethyl adjacent to an activating group) is 1. The van der Waals surface area contributed by atoms with Gasteiger partial charge in [-0.25, -0.2) is 0 Å². The molecule has 1 fully saturated rings. The second-order valence-electron chi connectivity index (χ2n) is 7.97. The molecule has 6 heteroatoms. The van der Waals surface area contributed by atoms with Crippen molar-refractivity contribution in [3.63, 3.8) is 0 Å². The van der Waals surface area contributed by atoms with Gasteiger partial charge in [-0.15, -0.1) is 11.3 Å². The van der Waals surface area contributed by atoms with Gasteiger partial charge in [0.05, 0.1) is 13.1 Å². The van der Waals surface area contributed by atoms with Gasteiger partial charge in [0.2, 0.25) is 11.8 Å². The number of nitrogens with zero attached hydrogens (tertiary/aromatic N) is 2. The molecule has 1 aromatic carbocycles. The molecule has 2 aliphatic rings. The van der Waals surface area contributed by atoms with Crippen molar-refractivity contribution in [1.29, 1.82) is 0 Å². The number of aryl methyl sites for hydroxylation is 1. The number of rotatable bonds is 6. The van der Waals surface area contributed by atoms with E-state index < -0.39 is 0 Å². The van der Waals surface area contributed by atoms with Crippen LogP contribution in [0.4, 0.5) is 5.69 Å². The predicted molar refractivity (Wildman–Crippen MR) is 113 cm³/mol. The lowest BCUT2D eigenvalue weighted by Crippen LogP contribution is -2.45. The lowest BCUT2D eigenvalue weighted by atomic mass is 9.96. The second kappa shape index (κ2) is 8.05. The molecule has 0 spiro atoms. The SMILES string of the molecule is Cc1ccc(NC(=O)CN(C)C(=O)CN2CCc3sccc3[C@H]2C2CC2)cc1. The molecule has 0 unspecified atom stereocenters. The van der Waals surface area contributed by atoms with Crippen LogP contribution in [0.15, 0.2) is 35.7 Å². The first-order chi connectivity index (χ1) is 13.5. The number of fused-ring (bicyclic) bond motifs is 1. The third-order valence-corrected chi connectivity index (χ3v) is 6.66. The average Bonchev–Trinajstić information content (AvgIpc) is 3.39. The maximum atomic E-state index is 12.8. The quantitative estimate of drug-likeness (QED) is 0.812. The molecule has 2 aromatic rings. The summed E-state index contributed by atoms with van der Waals surface area (Å²) in [6, 6.07) is 10.3. The lowest BCUT2D eigenvalue weighted by Gasteiger charge is -2.36. The number of amides is 2. The van der Waals surface area contributed by atoms with Crippen LogP contribution in [0.2, 0.25) is 0 Å². The molecule has 1 aromatic heterocycles. The van der Waals surface area contributed by atoms with Gasteiger partial charge in [-0.2, -0.15) is 0 Å². The van der Waals surface area contributed by atoms with Gasteiger partial charge < -0.3 is 10.2 Å². The van der Waals surface area contributed by atoms with Crippen LogP contribution in [0.25, 0.3) is 0 Å². The monoisotopic (exact) mass is 397 g/mol. The molecule has 1 atom stereocenters. The molecule has 1 aliphatic heterocycles. The zero-order valence-corrected chi connectivity index (χ0v) is 17.3. The first kappa shape index (κ1) is 19.2. The van der Waals surface area contributed by atoms with Crippen LogP contribution in [0.5, 0.6) is 0 Å². The molecular weight excluding hydrogens is 370 g/mol. The van der Waals surface area contributed by atoms with Gasteiger partial charge in [0.1, 0.15) is 0 Å². The summed E-state index contributed by atoms with van der Waals surface area (Å²) in [6.45, 7) is 3.37. The van der Waals surface area contributed by atoms with Crippen LogP contribution < -0.4 is 5.32 Å². The highest BCUT2D eigenvalue weighted by molar-refractivity contribution is 7.10. The minimum atomic E-state index is -0.169. The number of carbonyl (C=O) groups is 2. The van der Waals surface area contributed by atoms with Crippen molar-refractivity contribution in [1.82, 2.24) is 9.80 Å². The Morgan fingerprint density at radius 1 is 1.21 bits per heavy atom. The van der Waals surface area contributed by atoms with Gasteiger partial charge in [-0.1, -0.05) is 17.7 Å². The molecule has 148 valence electrons. The minimum Gasteiger partial charge on any atom is -0.335 e. The zero-order valence-electron chi connectivity index (χ0n) is 16.5. The number of nitrogens with one attached hydrogen (secondary N) is 1. The number of carbonyl (C=O) groups excluding carboxylic acids is 2. The van der Waals surface area contributed by atoms with Gasteiger partial charge in [0.25, 0.3) is 0 Å². The van der Waals surface area contributed by atoms with E-state index in [1.165, 1.54) is 28.2 Å². The Kier molecular flexibility index (Phi) is 5.51. The largest absolute Gasteiger partial charge is 0.335 e. The highest BCUT2D eigenvalue weighted by Gasteiger charge is 2.40. The van der Waals surface area contributed by atoms with Crippen molar-refractivity contribution in [3.05, 3.63) is 51.7 Å². The predicted octanol–water partition coefficient (Wildman–Crippen LogP) is 3.46. The zero-order chi connectivity index (χ0) is 19.7. The Balaban J connectivity index is 1.34. The summed E-state index contributed by atoms with van der Waals surface area (Å²) >= 11 is 1.84. The maximum Gasteiger partial charge on any atom is 0.243 e. The van der Waals surface area contributed by atoms with Gasteiger partial charge in [-0.05, 0) is 61.2 Å². The molecule has 1 N–H and O–H groups in total. The second-order valence-corrected chi connectivity index (χ2v) is 8.97. The molecule has 1 aliphatic carbocycles. The van der Waals surface area contributed by atoms with E-state index in [1.54, 1.807) is 7.05 Å². The van der Waals surface area contributed by atoms with Crippen molar-refractivity contribution in [2.24, 2.45) is 5.92 Å². The lowest BCUT2D eigenvalue weighted by molar-refractivity contribution is -0.135. The standard InChI is InChI=1S/C22H27N3O2S/c1-15-3-7-17(8-4-15)23-20(26)13-24(2)21(27)14-25-11-9-19-18(10-12-28-19)22(25)16-5-6-16/h3-4,7-8,10,12,16,22H,5-6,9,11,13-14H2,1-2H3,(H,23,26)/t22-/m1/s1. The molecular formula is C22H27N3O2S. The first-order valence-electron chi connectivity index (χ1n) is 9.92. The summed E-state index contributed by atoms with van der Waals surface area (Å²) in [4.78, 5) is 30.4. The van der Waals surface area contributed by atoms with Crippen molar-refractivity contribution >= 4 is 28.8 Å². The van der Waals surface area contributed by atoms with Crippen LogP contribution in [-0.2, 0) is 16.0 Å². The van der Waals surface area contributed by atoms with E-state index in [0.717, 1.165) is 24.2 Å². The Morgan fingerprint density at radius 2 is 1.96 bits per heavy atom. The highest BCUT2D eigenvalue weighted by atomic mass is 32.1. The van der Waals surface area contributed by atoms with Crippen LogP contribution >= 0.6 is 11.3 Å². The maximum absolute atomic E-state index is 12.8. The van der Waals surface area contributed by atoms with E-state index in [1.807, 2.05) is 42.5 Å². The number of hydrogen-bond donors (Lipinski definition) is 1. The molecule has 28 heavy (non-hydrogen) atoms. The number of anilines is 1. The highest BCUT2D eigenvalue weighted by Crippen LogP contribution is 2.48. The molecule has 5 nitrogen and oxygen atoms in total. The summed E-state index contributed by atoms with van der Waals surface area (Å²) in [5.74, 6) is 0.511. The minimum absolute atomic E-state index is 0.00313. The smallest absolute Gasteiger partial charge is 0.243 e. The summed E-state index contributed by atoms with van der Waals surface area (Å²) in [7, 11) is 1.71. The van der Waals surface area contributed by atoms with Gasteiger partial charge >= 0.3 is 0 Å². The molecule has 0 saturated heterocycles. The Morgan fingerprint density at radius 3 is 2.68 bits per heavy atom. The fraction of sp³-hybridized carbons (Fsp3) is 0.455. The third-order valence-electron chi connectivity index (χ3n) is 5.67. The van der Waals surface area contributed by atoms with E-state index in [0.29, 0.717) is 18.5 Å². The van der Waals surface area contributed by atoms with Crippen molar-refractivity contribution in [3.8, 4) is 0 Å². The Labute approximate surface area is 170 Å². The van der Waals surface area contributed by atoms with Crippen molar-refractivity contribution < 1.29 is 9.59 Å². The van der Waals surface area contributed by atoms with E-state index in [-0.39, 0.29) is 18.4 Å². The molecule has 2 amide bonds. The van der Waals surface area contributed by atoms with E-state index in [9.17, 15) is 9.59 Å². The van der Waals surface area contributed by atoms with Crippen molar-refractivity contribution in [2.75, 3.05) is 32.0 Å². The summed E-state index contributed by atoms with van der Waals surface area (Å²) in [5.41, 5.74) is 3.32. The summed E-state index contributed by atoms with van der Waals surface area (Å²) in [6.07, 6.45) is 3.51. The van der Waals surface area contributed by atoms with Crippen LogP contribution in [-0.4, -0.2) is 48.3 Å². The van der Waals surface area contributed by atoms with Gasteiger partial charge in [0.15, 0.2) is 0 Å². The molecule has 2 heterocycles. The number of hydrogen-bond acceptors (Lipinski definition) is 4. The summed E-state index contributed by atoms with van der Waals surface area (Å²) < 4.78 is 0. The first-order valence-corrected chi connectivity index (χ1v) is 10.8. The molecule has 0 radical (unpaired) electrons. The topological polar surface area (TPSA) is 52.7 Å². The number of benzene rings is 1. The van der Waals surface area contributed by atoms with Gasteiger partial charge in [0, 0.05) is 30.2 Å². The van der Waals surface area contributed by atoms with Crippen LogP contribution in [0.1, 0.15) is 34.9 Å². The fourth-order valence-corrected chi connectivity index (χ4v) is 4.89. The van der Waals surface area contributed by atoms with E-state index in [2.05, 4.69) is 21.7 Å². The van der Waals surface area contributed by atoms with E-state index in [4.69, 9.17) is 0 Å². The van der Waals surface area contributed by atoms with Crippen LogP contribution in [0.3, 0.4) is 0 Å². The molecule has 0 bridgehead atoms. The third kappa shape index (κ3) is 4.28. The normalized spacial score (nSPS) is 19.1. The van der Waals surface area contributed by atoms with Crippen molar-refractivity contribution in [2.45, 2.75) is 32.2 Å². The average molecular weight is 398 g/mol. The van der Waals surface area contributed by atoms with Crippen LogP contribution in [0, 0.1) is 12.8 Å². The fourth-order valence-electron chi connectivity index (χ4n) is 3.98. The molecule has 4 rings (SSSR count). The Bertz CT molecular complexity index is 857.